The van der Waals surface area contributed by atoms with Gasteiger partial charge >= 0.3 is 0 Å². The molecule has 1 aromatic carbocycles. The predicted octanol–water partition coefficient (Wildman–Crippen LogP) is 1.37. The Balaban J connectivity index is 1.67. The lowest BCUT2D eigenvalue weighted by Crippen LogP contribution is -2.41. The Labute approximate surface area is 113 Å². The van der Waals surface area contributed by atoms with Gasteiger partial charge in [0.15, 0.2) is 0 Å². The molecule has 0 aliphatic carbocycles. The van der Waals surface area contributed by atoms with Gasteiger partial charge in [-0.3, -0.25) is 4.79 Å². The number of likely N-dealkylation sites (N-methyl/N-ethyl adjacent to an activating group) is 1. The van der Waals surface area contributed by atoms with E-state index in [2.05, 4.69) is 5.32 Å². The summed E-state index contributed by atoms with van der Waals surface area (Å²) in [7, 11) is 1.89. The molecule has 2 aliphatic heterocycles. The lowest BCUT2D eigenvalue weighted by Gasteiger charge is -2.23. The van der Waals surface area contributed by atoms with E-state index in [0.29, 0.717) is 12.6 Å². The number of ether oxygens (including phenoxy) is 1. The first-order chi connectivity index (χ1) is 9.25. The zero-order valence-electron chi connectivity index (χ0n) is 11.3. The van der Waals surface area contributed by atoms with Gasteiger partial charge in [-0.1, -0.05) is 18.2 Å². The molecule has 3 rings (SSSR count). The highest BCUT2D eigenvalue weighted by Gasteiger charge is 2.32. The van der Waals surface area contributed by atoms with E-state index in [-0.39, 0.29) is 11.8 Å². The first-order valence-corrected chi connectivity index (χ1v) is 6.96. The minimum Gasteiger partial charge on any atom is -0.492 e. The molecule has 1 saturated heterocycles. The topological polar surface area (TPSA) is 41.6 Å². The number of amides is 1. The summed E-state index contributed by atoms with van der Waals surface area (Å²) < 4.78 is 5.59. The summed E-state index contributed by atoms with van der Waals surface area (Å²) in [5.74, 6) is 0.884. The smallest absolute Gasteiger partial charge is 0.233 e. The van der Waals surface area contributed by atoms with Gasteiger partial charge in [0.2, 0.25) is 5.91 Å². The lowest BCUT2D eigenvalue weighted by molar-refractivity contribution is -0.132. The molecule has 0 spiro atoms. The Morgan fingerprint density at radius 2 is 2.32 bits per heavy atom. The SMILES string of the molecule is CN(CC1CCCN1)C(=O)C1COc2ccccc21. The molecular formula is C15H20N2O2. The average Bonchev–Trinajstić information content (AvgIpc) is 3.06. The Bertz CT molecular complexity index is 469. The van der Waals surface area contributed by atoms with Gasteiger partial charge in [-0.25, -0.2) is 0 Å². The molecule has 2 unspecified atom stereocenters. The summed E-state index contributed by atoms with van der Waals surface area (Å²) in [6, 6.07) is 8.28. The number of carbonyl (C=O) groups excluding carboxylic acids is 1. The second kappa shape index (κ2) is 5.21. The normalized spacial score (nSPS) is 24.9. The van der Waals surface area contributed by atoms with E-state index >= 15 is 0 Å². The van der Waals surface area contributed by atoms with Crippen LogP contribution in [-0.4, -0.2) is 43.6 Å². The van der Waals surface area contributed by atoms with Crippen LogP contribution < -0.4 is 10.1 Å². The van der Waals surface area contributed by atoms with Gasteiger partial charge in [-0.05, 0) is 25.5 Å². The molecule has 1 fully saturated rings. The molecule has 102 valence electrons. The molecule has 2 heterocycles. The number of fused-ring (bicyclic) bond motifs is 1. The van der Waals surface area contributed by atoms with Gasteiger partial charge < -0.3 is 15.0 Å². The van der Waals surface area contributed by atoms with Crippen molar-refractivity contribution in [3.05, 3.63) is 29.8 Å². The molecular weight excluding hydrogens is 240 g/mol. The maximum atomic E-state index is 12.5. The average molecular weight is 260 g/mol. The van der Waals surface area contributed by atoms with E-state index in [1.54, 1.807) is 0 Å². The Morgan fingerprint density at radius 1 is 1.47 bits per heavy atom. The quantitative estimate of drug-likeness (QED) is 0.892. The number of hydrogen-bond acceptors (Lipinski definition) is 3. The number of para-hydroxylation sites is 1. The highest BCUT2D eigenvalue weighted by molar-refractivity contribution is 5.85. The second-order valence-electron chi connectivity index (χ2n) is 5.41. The Hall–Kier alpha value is -1.55. The fraction of sp³-hybridized carbons (Fsp3) is 0.533. The molecule has 0 saturated carbocycles. The number of hydrogen-bond donors (Lipinski definition) is 1. The zero-order chi connectivity index (χ0) is 13.2. The zero-order valence-corrected chi connectivity index (χ0v) is 11.3. The van der Waals surface area contributed by atoms with Gasteiger partial charge in [0.25, 0.3) is 0 Å². The van der Waals surface area contributed by atoms with E-state index in [0.717, 1.165) is 30.8 Å². The maximum absolute atomic E-state index is 12.5. The molecule has 4 heteroatoms. The minimum absolute atomic E-state index is 0.136. The highest BCUT2D eigenvalue weighted by Crippen LogP contribution is 2.34. The number of carbonyl (C=O) groups is 1. The summed E-state index contributed by atoms with van der Waals surface area (Å²) >= 11 is 0. The van der Waals surface area contributed by atoms with Crippen LogP contribution in [0.3, 0.4) is 0 Å². The van der Waals surface area contributed by atoms with Crippen LogP contribution in [0.5, 0.6) is 5.75 Å². The van der Waals surface area contributed by atoms with E-state index < -0.39 is 0 Å². The summed E-state index contributed by atoms with van der Waals surface area (Å²) in [5, 5.41) is 3.43. The summed E-state index contributed by atoms with van der Waals surface area (Å²) in [6.07, 6.45) is 2.37. The van der Waals surface area contributed by atoms with Crippen molar-refractivity contribution in [3.8, 4) is 5.75 Å². The fourth-order valence-electron chi connectivity index (χ4n) is 2.97. The van der Waals surface area contributed by atoms with E-state index in [1.807, 2.05) is 36.2 Å². The van der Waals surface area contributed by atoms with Crippen molar-refractivity contribution >= 4 is 5.91 Å². The summed E-state index contributed by atoms with van der Waals surface area (Å²) in [5.41, 5.74) is 1.03. The van der Waals surface area contributed by atoms with Gasteiger partial charge in [0, 0.05) is 25.2 Å². The molecule has 1 amide bonds. The van der Waals surface area contributed by atoms with Crippen LogP contribution in [0.25, 0.3) is 0 Å². The van der Waals surface area contributed by atoms with Crippen LogP contribution >= 0.6 is 0 Å². The van der Waals surface area contributed by atoms with Crippen molar-refractivity contribution in [2.45, 2.75) is 24.8 Å². The van der Waals surface area contributed by atoms with Crippen LogP contribution in [0.2, 0.25) is 0 Å². The molecule has 0 bridgehead atoms. The van der Waals surface area contributed by atoms with Crippen LogP contribution in [0.15, 0.2) is 24.3 Å². The van der Waals surface area contributed by atoms with Crippen molar-refractivity contribution in [1.82, 2.24) is 10.2 Å². The van der Waals surface area contributed by atoms with Crippen molar-refractivity contribution in [1.29, 1.82) is 0 Å². The van der Waals surface area contributed by atoms with E-state index in [9.17, 15) is 4.79 Å². The molecule has 1 N–H and O–H groups in total. The van der Waals surface area contributed by atoms with Crippen LogP contribution in [0.1, 0.15) is 24.3 Å². The first-order valence-electron chi connectivity index (χ1n) is 6.96. The van der Waals surface area contributed by atoms with Crippen LogP contribution in [-0.2, 0) is 4.79 Å². The minimum atomic E-state index is -0.136. The highest BCUT2D eigenvalue weighted by atomic mass is 16.5. The number of nitrogens with one attached hydrogen (secondary N) is 1. The third-order valence-corrected chi connectivity index (χ3v) is 4.03. The number of rotatable bonds is 3. The number of benzene rings is 1. The van der Waals surface area contributed by atoms with Gasteiger partial charge in [-0.2, -0.15) is 0 Å². The standard InChI is InChI=1S/C15H20N2O2/c1-17(9-11-5-4-8-16-11)15(18)13-10-19-14-7-3-2-6-12(13)14/h2-3,6-7,11,13,16H,4-5,8-10H2,1H3. The summed E-state index contributed by atoms with van der Waals surface area (Å²) in [4.78, 5) is 14.4. The third kappa shape index (κ3) is 2.45. The van der Waals surface area contributed by atoms with Crippen molar-refractivity contribution < 1.29 is 9.53 Å². The summed E-state index contributed by atoms with van der Waals surface area (Å²) in [6.45, 7) is 2.33. The molecule has 0 aromatic heterocycles. The van der Waals surface area contributed by atoms with Crippen molar-refractivity contribution in [2.24, 2.45) is 0 Å². The van der Waals surface area contributed by atoms with E-state index in [1.165, 1.54) is 6.42 Å². The molecule has 19 heavy (non-hydrogen) atoms. The van der Waals surface area contributed by atoms with Crippen molar-refractivity contribution in [2.75, 3.05) is 26.7 Å². The predicted molar refractivity (Wildman–Crippen MR) is 73.3 cm³/mol. The maximum Gasteiger partial charge on any atom is 0.233 e. The van der Waals surface area contributed by atoms with Gasteiger partial charge in [-0.15, -0.1) is 0 Å². The van der Waals surface area contributed by atoms with E-state index in [4.69, 9.17) is 4.74 Å². The van der Waals surface area contributed by atoms with Crippen molar-refractivity contribution in [3.63, 3.8) is 0 Å². The second-order valence-corrected chi connectivity index (χ2v) is 5.41. The number of nitrogens with zero attached hydrogens (tertiary/aromatic N) is 1. The first kappa shape index (κ1) is 12.5. The lowest BCUT2D eigenvalue weighted by atomic mass is 10.00. The third-order valence-electron chi connectivity index (χ3n) is 4.03. The molecule has 2 aliphatic rings. The fourth-order valence-corrected chi connectivity index (χ4v) is 2.97. The Kier molecular flexibility index (Phi) is 3.42. The Morgan fingerprint density at radius 3 is 3.11 bits per heavy atom. The molecule has 1 aromatic rings. The van der Waals surface area contributed by atoms with Gasteiger partial charge in [0.1, 0.15) is 18.3 Å². The molecule has 2 atom stereocenters. The molecule has 0 radical (unpaired) electrons. The molecule has 4 nitrogen and oxygen atoms in total. The van der Waals surface area contributed by atoms with Crippen LogP contribution in [0.4, 0.5) is 0 Å². The monoisotopic (exact) mass is 260 g/mol. The largest absolute Gasteiger partial charge is 0.492 e. The van der Waals surface area contributed by atoms with Gasteiger partial charge in [0.05, 0.1) is 0 Å². The van der Waals surface area contributed by atoms with Crippen LogP contribution in [0, 0.1) is 0 Å².